The van der Waals surface area contributed by atoms with Gasteiger partial charge in [0.25, 0.3) is 0 Å². The first-order valence-electron chi connectivity index (χ1n) is 14.1. The summed E-state index contributed by atoms with van der Waals surface area (Å²) in [5.41, 5.74) is 8.05. The quantitative estimate of drug-likeness (QED) is 0.174. The van der Waals surface area contributed by atoms with Crippen LogP contribution in [0.3, 0.4) is 0 Å². The van der Waals surface area contributed by atoms with Crippen molar-refractivity contribution in [1.29, 1.82) is 0 Å². The van der Waals surface area contributed by atoms with E-state index in [1.807, 2.05) is 60.7 Å². The molecule has 4 nitrogen and oxygen atoms in total. The maximum Gasteiger partial charge on any atom is 0.145 e. The van der Waals surface area contributed by atoms with Crippen molar-refractivity contribution in [3.05, 3.63) is 177 Å². The van der Waals surface area contributed by atoms with Crippen LogP contribution >= 0.6 is 31.9 Å². The predicted molar refractivity (Wildman–Crippen MR) is 186 cm³/mol. The van der Waals surface area contributed by atoms with Crippen LogP contribution in [-0.4, -0.2) is 9.97 Å². The molecule has 2 aromatic heterocycles. The molecule has 2 heterocycles. The number of nitrogens with one attached hydrogen (secondary N) is 1. The highest BCUT2D eigenvalue weighted by atomic mass is 79.9. The monoisotopic (exact) mass is 722 g/mol. The molecule has 0 radical (unpaired) electrons. The van der Waals surface area contributed by atoms with E-state index in [1.165, 1.54) is 6.20 Å². The van der Waals surface area contributed by atoms with E-state index in [9.17, 15) is 8.78 Å². The first kappa shape index (κ1) is 30.4. The normalized spacial score (nSPS) is 11.2. The molecule has 7 rings (SSSR count). The van der Waals surface area contributed by atoms with Crippen LogP contribution in [0, 0.1) is 11.6 Å². The van der Waals surface area contributed by atoms with Crippen LogP contribution < -0.4 is 11.1 Å². The molecule has 45 heavy (non-hydrogen) atoms. The molecule has 0 fully saturated rings. The van der Waals surface area contributed by atoms with Crippen LogP contribution in [0.1, 0.15) is 16.7 Å². The average molecular weight is 724 g/mol. The van der Waals surface area contributed by atoms with Gasteiger partial charge >= 0.3 is 0 Å². The van der Waals surface area contributed by atoms with Crippen molar-refractivity contribution in [1.82, 2.24) is 9.97 Å². The van der Waals surface area contributed by atoms with Crippen molar-refractivity contribution < 1.29 is 8.78 Å². The van der Waals surface area contributed by atoms with E-state index >= 15 is 0 Å². The summed E-state index contributed by atoms with van der Waals surface area (Å²) in [7, 11) is 0. The molecule has 7 aromatic rings. The summed E-state index contributed by atoms with van der Waals surface area (Å²) in [4.78, 5) is 8.52. The van der Waals surface area contributed by atoms with Crippen LogP contribution in [0.5, 0.6) is 0 Å². The van der Waals surface area contributed by atoms with Crippen molar-refractivity contribution in [3.63, 3.8) is 0 Å². The van der Waals surface area contributed by atoms with Crippen LogP contribution in [0.4, 0.5) is 20.4 Å². The van der Waals surface area contributed by atoms with Crippen molar-refractivity contribution in [3.8, 4) is 0 Å². The van der Waals surface area contributed by atoms with Gasteiger partial charge in [0.05, 0.1) is 8.95 Å². The van der Waals surface area contributed by atoms with Crippen molar-refractivity contribution in [2.24, 2.45) is 0 Å². The van der Waals surface area contributed by atoms with Crippen LogP contribution in [0.2, 0.25) is 0 Å². The SMILES string of the molecule is Fc1c(Br)ccc2c(NC(c3ccccc3)(c3ccccc3)c3ccccc3)nccc12.Nc1nccc2c(F)c(Br)ccc12. The third-order valence-corrected chi connectivity index (χ3v) is 8.85. The van der Waals surface area contributed by atoms with Gasteiger partial charge in [-0.1, -0.05) is 91.0 Å². The predicted octanol–water partition coefficient (Wildman–Crippen LogP) is 10.3. The summed E-state index contributed by atoms with van der Waals surface area (Å²) < 4.78 is 29.2. The number of halogens is 4. The standard InChI is InChI=1S/C28H20BrFN2.C9H6BrFN2/c29-25-17-16-24-23(26(25)30)18-19-31-27(24)32-28(20-10-4-1-5-11-20,21-12-6-2-7-13-21)22-14-8-3-9-15-22;10-7-2-1-6-5(8(7)11)3-4-13-9(6)12/h1-19H,(H,31,32);1-4H,(H2,12,13). The average Bonchev–Trinajstić information content (AvgIpc) is 3.09. The number of hydrogen-bond acceptors (Lipinski definition) is 4. The number of fused-ring (bicyclic) bond motifs is 2. The van der Waals surface area contributed by atoms with Gasteiger partial charge in [0.1, 0.15) is 28.8 Å². The lowest BCUT2D eigenvalue weighted by Crippen LogP contribution is -2.38. The summed E-state index contributed by atoms with van der Waals surface area (Å²) in [6.45, 7) is 0. The summed E-state index contributed by atoms with van der Waals surface area (Å²) in [6, 6.07) is 41.1. The molecule has 0 aliphatic heterocycles. The minimum absolute atomic E-state index is 0.294. The Morgan fingerprint density at radius 3 is 1.42 bits per heavy atom. The molecule has 0 atom stereocenters. The second-order valence-corrected chi connectivity index (χ2v) is 12.0. The number of nitrogens with zero attached hydrogens (tertiary/aromatic N) is 2. The number of aromatic nitrogens is 2. The molecule has 0 spiro atoms. The molecule has 222 valence electrons. The molecule has 5 aromatic carbocycles. The first-order valence-corrected chi connectivity index (χ1v) is 15.6. The number of nitrogen functional groups attached to an aromatic ring is 1. The fourth-order valence-electron chi connectivity index (χ4n) is 5.46. The lowest BCUT2D eigenvalue weighted by molar-refractivity contribution is 0.633. The van der Waals surface area contributed by atoms with Crippen molar-refractivity contribution in [2.45, 2.75) is 5.54 Å². The Morgan fingerprint density at radius 2 is 0.933 bits per heavy atom. The second-order valence-electron chi connectivity index (χ2n) is 10.2. The number of rotatable bonds is 5. The van der Waals surface area contributed by atoms with E-state index in [2.05, 4.69) is 83.5 Å². The summed E-state index contributed by atoms with van der Waals surface area (Å²) in [5, 5.41) is 6.10. The molecule has 0 saturated carbocycles. The highest BCUT2D eigenvalue weighted by Crippen LogP contribution is 2.41. The Labute approximate surface area is 276 Å². The van der Waals surface area contributed by atoms with Gasteiger partial charge in [0.15, 0.2) is 0 Å². The van der Waals surface area contributed by atoms with Crippen LogP contribution in [0.25, 0.3) is 21.5 Å². The van der Waals surface area contributed by atoms with E-state index in [0.717, 1.165) is 22.1 Å². The van der Waals surface area contributed by atoms with Gasteiger partial charge in [-0.15, -0.1) is 0 Å². The topological polar surface area (TPSA) is 63.8 Å². The largest absolute Gasteiger partial charge is 0.383 e. The highest BCUT2D eigenvalue weighted by molar-refractivity contribution is 9.10. The van der Waals surface area contributed by atoms with E-state index in [-0.39, 0.29) is 11.6 Å². The van der Waals surface area contributed by atoms with E-state index in [4.69, 9.17) is 5.73 Å². The lowest BCUT2D eigenvalue weighted by atomic mass is 9.77. The zero-order valence-electron chi connectivity index (χ0n) is 23.8. The summed E-state index contributed by atoms with van der Waals surface area (Å²) >= 11 is 6.40. The highest BCUT2D eigenvalue weighted by Gasteiger charge is 2.37. The van der Waals surface area contributed by atoms with Gasteiger partial charge in [-0.25, -0.2) is 18.7 Å². The Bertz CT molecular complexity index is 2000. The fraction of sp³-hybridized carbons (Fsp3) is 0.0270. The Balaban J connectivity index is 0.000000229. The van der Waals surface area contributed by atoms with E-state index in [0.29, 0.717) is 36.7 Å². The molecule has 8 heteroatoms. The third kappa shape index (κ3) is 5.91. The van der Waals surface area contributed by atoms with Gasteiger partial charge < -0.3 is 11.1 Å². The smallest absolute Gasteiger partial charge is 0.145 e. The fourth-order valence-corrected chi connectivity index (χ4v) is 6.16. The molecular formula is C37H26Br2F2N4. The molecule has 0 unspecified atom stereocenters. The van der Waals surface area contributed by atoms with Gasteiger partial charge in [0, 0.05) is 33.9 Å². The minimum Gasteiger partial charge on any atom is -0.383 e. The number of nitrogens with two attached hydrogens (primary N) is 1. The molecule has 0 amide bonds. The Morgan fingerprint density at radius 1 is 0.511 bits per heavy atom. The lowest BCUT2D eigenvalue weighted by Gasteiger charge is -2.37. The van der Waals surface area contributed by atoms with Gasteiger partial charge in [-0.3, -0.25) is 0 Å². The number of anilines is 2. The Kier molecular flexibility index (Phi) is 8.87. The Hall–Kier alpha value is -4.66. The maximum absolute atomic E-state index is 14.9. The molecule has 0 saturated heterocycles. The third-order valence-electron chi connectivity index (χ3n) is 7.62. The number of benzene rings is 5. The summed E-state index contributed by atoms with van der Waals surface area (Å²) in [5.74, 6) is 0.374. The first-order chi connectivity index (χ1) is 21.9. The number of hydrogen-bond donors (Lipinski definition) is 2. The zero-order chi connectivity index (χ0) is 31.4. The van der Waals surface area contributed by atoms with Crippen molar-refractivity contribution >= 4 is 65.0 Å². The van der Waals surface area contributed by atoms with Crippen molar-refractivity contribution in [2.75, 3.05) is 11.1 Å². The van der Waals surface area contributed by atoms with Crippen LogP contribution in [-0.2, 0) is 5.54 Å². The maximum atomic E-state index is 14.9. The summed E-state index contributed by atoms with van der Waals surface area (Å²) in [6.07, 6.45) is 3.14. The van der Waals surface area contributed by atoms with Gasteiger partial charge in [-0.2, -0.15) is 0 Å². The molecule has 0 aliphatic rings. The molecule has 0 bridgehead atoms. The minimum atomic E-state index is -0.728. The molecule has 0 aliphatic carbocycles. The van der Waals surface area contributed by atoms with E-state index < -0.39 is 5.54 Å². The van der Waals surface area contributed by atoms with Gasteiger partial charge in [0.2, 0.25) is 0 Å². The molecular weight excluding hydrogens is 698 g/mol. The van der Waals surface area contributed by atoms with Gasteiger partial charge in [-0.05, 0) is 84.9 Å². The van der Waals surface area contributed by atoms with E-state index in [1.54, 1.807) is 36.5 Å². The zero-order valence-corrected chi connectivity index (χ0v) is 26.9. The number of pyridine rings is 2. The second kappa shape index (κ2) is 13.1. The molecule has 3 N–H and O–H groups in total. The van der Waals surface area contributed by atoms with Crippen LogP contribution in [0.15, 0.2) is 149 Å².